The van der Waals surface area contributed by atoms with E-state index in [9.17, 15) is 0 Å². The van der Waals surface area contributed by atoms with Crippen LogP contribution in [0.2, 0.25) is 0 Å². The SMILES string of the molecule is CNC(C)(C#N)CN1CCCCCCC1. The van der Waals surface area contributed by atoms with Gasteiger partial charge in [-0.15, -0.1) is 0 Å². The van der Waals surface area contributed by atoms with Crippen LogP contribution in [0.25, 0.3) is 0 Å². The van der Waals surface area contributed by atoms with E-state index in [0.717, 1.165) is 19.6 Å². The minimum absolute atomic E-state index is 0.390. The molecule has 0 aromatic heterocycles. The van der Waals surface area contributed by atoms with Gasteiger partial charge in [0.25, 0.3) is 0 Å². The van der Waals surface area contributed by atoms with Crippen LogP contribution in [-0.4, -0.2) is 37.1 Å². The van der Waals surface area contributed by atoms with Crippen molar-refractivity contribution in [1.82, 2.24) is 10.2 Å². The van der Waals surface area contributed by atoms with E-state index in [1.807, 2.05) is 14.0 Å². The van der Waals surface area contributed by atoms with Crippen molar-refractivity contribution in [3.05, 3.63) is 0 Å². The molecule has 1 fully saturated rings. The van der Waals surface area contributed by atoms with Crippen LogP contribution >= 0.6 is 0 Å². The lowest BCUT2D eigenvalue weighted by atomic mass is 10.0. The van der Waals surface area contributed by atoms with E-state index >= 15 is 0 Å². The fourth-order valence-corrected chi connectivity index (χ4v) is 2.09. The average molecular weight is 209 g/mol. The first-order valence-electron chi connectivity index (χ1n) is 6.03. The van der Waals surface area contributed by atoms with Crippen LogP contribution in [0.5, 0.6) is 0 Å². The number of nitrogens with one attached hydrogen (secondary N) is 1. The third-order valence-corrected chi connectivity index (χ3v) is 3.29. The number of likely N-dealkylation sites (tertiary alicyclic amines) is 1. The number of nitriles is 1. The smallest absolute Gasteiger partial charge is 0.116 e. The highest BCUT2D eigenvalue weighted by molar-refractivity contribution is 5.05. The maximum atomic E-state index is 9.10. The Morgan fingerprint density at radius 3 is 2.20 bits per heavy atom. The highest BCUT2D eigenvalue weighted by Gasteiger charge is 2.24. The summed E-state index contributed by atoms with van der Waals surface area (Å²) in [6.45, 7) is 5.13. The average Bonchev–Trinajstić information content (AvgIpc) is 2.22. The summed E-state index contributed by atoms with van der Waals surface area (Å²) in [5.41, 5.74) is -0.390. The van der Waals surface area contributed by atoms with Gasteiger partial charge < -0.3 is 10.2 Å². The molecule has 0 spiro atoms. The molecule has 3 nitrogen and oxygen atoms in total. The first-order valence-corrected chi connectivity index (χ1v) is 6.03. The van der Waals surface area contributed by atoms with E-state index in [4.69, 9.17) is 5.26 Å². The molecular formula is C12H23N3. The summed E-state index contributed by atoms with van der Waals surface area (Å²) >= 11 is 0. The Labute approximate surface area is 93.5 Å². The zero-order valence-corrected chi connectivity index (χ0v) is 10.1. The van der Waals surface area contributed by atoms with Gasteiger partial charge in [-0.2, -0.15) is 5.26 Å². The first-order chi connectivity index (χ1) is 7.20. The Balaban J connectivity index is 2.44. The van der Waals surface area contributed by atoms with Crippen LogP contribution in [0.3, 0.4) is 0 Å². The van der Waals surface area contributed by atoms with Crippen molar-refractivity contribution < 1.29 is 0 Å². The van der Waals surface area contributed by atoms with E-state index in [-0.39, 0.29) is 5.54 Å². The lowest BCUT2D eigenvalue weighted by molar-refractivity contribution is 0.207. The molecule has 1 saturated heterocycles. The van der Waals surface area contributed by atoms with Crippen molar-refractivity contribution in [3.8, 4) is 6.07 Å². The molecule has 1 heterocycles. The van der Waals surface area contributed by atoms with Gasteiger partial charge in [-0.1, -0.05) is 19.3 Å². The fourth-order valence-electron chi connectivity index (χ4n) is 2.09. The highest BCUT2D eigenvalue weighted by Crippen LogP contribution is 2.13. The van der Waals surface area contributed by atoms with Crippen LogP contribution in [0.1, 0.15) is 39.0 Å². The molecule has 0 aromatic carbocycles. The van der Waals surface area contributed by atoms with Crippen molar-refractivity contribution >= 4 is 0 Å². The normalized spacial score (nSPS) is 23.5. The summed E-state index contributed by atoms with van der Waals surface area (Å²) in [4.78, 5) is 2.43. The lowest BCUT2D eigenvalue weighted by Gasteiger charge is -2.31. The molecule has 1 N–H and O–H groups in total. The molecule has 0 aromatic rings. The van der Waals surface area contributed by atoms with Gasteiger partial charge in [0, 0.05) is 6.54 Å². The molecule has 86 valence electrons. The zero-order valence-electron chi connectivity index (χ0n) is 10.1. The predicted molar refractivity (Wildman–Crippen MR) is 62.6 cm³/mol. The number of hydrogen-bond acceptors (Lipinski definition) is 3. The fraction of sp³-hybridized carbons (Fsp3) is 0.917. The van der Waals surface area contributed by atoms with Crippen LogP contribution < -0.4 is 5.32 Å². The maximum Gasteiger partial charge on any atom is 0.116 e. The van der Waals surface area contributed by atoms with E-state index in [1.54, 1.807) is 0 Å². The number of likely N-dealkylation sites (N-methyl/N-ethyl adjacent to an activating group) is 1. The first kappa shape index (κ1) is 12.5. The lowest BCUT2D eigenvalue weighted by Crippen LogP contribution is -2.49. The Morgan fingerprint density at radius 1 is 1.20 bits per heavy atom. The second-order valence-electron chi connectivity index (χ2n) is 4.74. The molecule has 0 amide bonds. The molecule has 1 aliphatic heterocycles. The van der Waals surface area contributed by atoms with Crippen LogP contribution in [0, 0.1) is 11.3 Å². The van der Waals surface area contributed by atoms with Gasteiger partial charge in [0.1, 0.15) is 5.54 Å². The molecule has 1 rings (SSSR count). The highest BCUT2D eigenvalue weighted by atomic mass is 15.2. The summed E-state index contributed by atoms with van der Waals surface area (Å²) in [5.74, 6) is 0. The molecule has 1 aliphatic rings. The Hall–Kier alpha value is -0.590. The van der Waals surface area contributed by atoms with Gasteiger partial charge in [-0.3, -0.25) is 0 Å². The molecule has 0 radical (unpaired) electrons. The van der Waals surface area contributed by atoms with Crippen molar-refractivity contribution in [1.29, 1.82) is 5.26 Å². The summed E-state index contributed by atoms with van der Waals surface area (Å²) < 4.78 is 0. The third-order valence-electron chi connectivity index (χ3n) is 3.29. The number of rotatable bonds is 3. The van der Waals surface area contributed by atoms with E-state index in [1.165, 1.54) is 32.1 Å². The second-order valence-corrected chi connectivity index (χ2v) is 4.74. The summed E-state index contributed by atoms with van der Waals surface area (Å²) in [5, 5.41) is 12.2. The molecule has 0 saturated carbocycles. The standard InChI is InChI=1S/C12H23N3/c1-12(10-13,14-2)11-15-8-6-4-3-5-7-9-15/h14H,3-9,11H2,1-2H3. The topological polar surface area (TPSA) is 39.1 Å². The minimum atomic E-state index is -0.390. The Bertz CT molecular complexity index is 213. The van der Waals surface area contributed by atoms with Crippen LogP contribution in [-0.2, 0) is 0 Å². The number of hydrogen-bond donors (Lipinski definition) is 1. The largest absolute Gasteiger partial charge is 0.302 e. The van der Waals surface area contributed by atoms with E-state index in [2.05, 4.69) is 16.3 Å². The van der Waals surface area contributed by atoms with Crippen molar-refractivity contribution in [3.63, 3.8) is 0 Å². The van der Waals surface area contributed by atoms with Crippen molar-refractivity contribution in [2.24, 2.45) is 0 Å². The van der Waals surface area contributed by atoms with Crippen molar-refractivity contribution in [2.75, 3.05) is 26.7 Å². The van der Waals surface area contributed by atoms with Crippen LogP contribution in [0.15, 0.2) is 0 Å². The van der Waals surface area contributed by atoms with Gasteiger partial charge in [-0.05, 0) is 39.9 Å². The van der Waals surface area contributed by atoms with Gasteiger partial charge in [0.2, 0.25) is 0 Å². The molecular weight excluding hydrogens is 186 g/mol. The predicted octanol–water partition coefficient (Wildman–Crippen LogP) is 1.75. The molecule has 1 unspecified atom stereocenters. The quantitative estimate of drug-likeness (QED) is 0.769. The summed E-state index contributed by atoms with van der Waals surface area (Å²) in [7, 11) is 1.87. The summed E-state index contributed by atoms with van der Waals surface area (Å²) in [6, 6.07) is 2.36. The maximum absolute atomic E-state index is 9.10. The van der Waals surface area contributed by atoms with Crippen molar-refractivity contribution in [2.45, 2.75) is 44.6 Å². The van der Waals surface area contributed by atoms with Gasteiger partial charge >= 0.3 is 0 Å². The number of nitrogens with zero attached hydrogens (tertiary/aromatic N) is 2. The summed E-state index contributed by atoms with van der Waals surface area (Å²) in [6.07, 6.45) is 6.64. The van der Waals surface area contributed by atoms with E-state index in [0.29, 0.717) is 0 Å². The molecule has 3 heteroatoms. The second kappa shape index (κ2) is 6.09. The molecule has 1 atom stereocenters. The molecule has 0 aliphatic carbocycles. The Kier molecular flexibility index (Phi) is 5.07. The minimum Gasteiger partial charge on any atom is -0.302 e. The van der Waals surface area contributed by atoms with Crippen LogP contribution in [0.4, 0.5) is 0 Å². The van der Waals surface area contributed by atoms with E-state index < -0.39 is 0 Å². The Morgan fingerprint density at radius 2 is 1.73 bits per heavy atom. The van der Waals surface area contributed by atoms with Gasteiger partial charge in [-0.25, -0.2) is 0 Å². The monoisotopic (exact) mass is 209 g/mol. The molecule has 0 bridgehead atoms. The third kappa shape index (κ3) is 4.19. The van der Waals surface area contributed by atoms with Gasteiger partial charge in [0.05, 0.1) is 6.07 Å². The molecule has 15 heavy (non-hydrogen) atoms. The zero-order chi connectivity index (χ0) is 11.1. The van der Waals surface area contributed by atoms with Gasteiger partial charge in [0.15, 0.2) is 0 Å².